The normalized spacial score (nSPS) is 12.7. The highest BCUT2D eigenvalue weighted by Gasteiger charge is 2.21. The molecule has 0 heterocycles. The zero-order chi connectivity index (χ0) is 26.0. The molecule has 0 aliphatic rings. The van der Waals surface area contributed by atoms with Crippen LogP contribution in [0.3, 0.4) is 0 Å². The van der Waals surface area contributed by atoms with Crippen LogP contribution in [-0.4, -0.2) is 55.5 Å². The smallest absolute Gasteiger partial charge is 0.361 e. The maximum absolute atomic E-state index is 11.8. The number of hydrogen-bond acceptors (Lipinski definition) is 3. The molecule has 1 unspecified atom stereocenters. The summed E-state index contributed by atoms with van der Waals surface area (Å²) in [6.45, 7) is 5.40. The fourth-order valence-corrected chi connectivity index (χ4v) is 4.84. The molecule has 35 heavy (non-hydrogen) atoms. The van der Waals surface area contributed by atoms with Crippen LogP contribution in [0.5, 0.6) is 0 Å². The quantitative estimate of drug-likeness (QED) is 0.0700. The van der Waals surface area contributed by atoms with E-state index < -0.39 is 6.10 Å². The van der Waals surface area contributed by atoms with E-state index in [1.54, 1.807) is 6.92 Å². The first kappa shape index (κ1) is 34.4. The summed E-state index contributed by atoms with van der Waals surface area (Å²) in [6.07, 6.45) is 30.3. The van der Waals surface area contributed by atoms with Crippen molar-refractivity contribution in [1.82, 2.24) is 0 Å². The predicted molar refractivity (Wildman–Crippen MR) is 152 cm³/mol. The number of hydrogen-bond donors (Lipinski definition) is 1. The average Bonchev–Trinajstić information content (AvgIpc) is 2.80. The van der Waals surface area contributed by atoms with Gasteiger partial charge in [0.25, 0.3) is 0 Å². The molecule has 1 N–H and O–H groups in total. The fourth-order valence-electron chi connectivity index (χ4n) is 4.84. The number of ether oxygens (including phenoxy) is 1. The Balaban J connectivity index is 3.27. The minimum atomic E-state index is -0.589. The van der Waals surface area contributed by atoms with Gasteiger partial charge in [0.05, 0.1) is 26.7 Å². The number of aliphatic hydroxyl groups excluding tert-OH is 1. The van der Waals surface area contributed by atoms with Crippen molar-refractivity contribution in [2.24, 2.45) is 0 Å². The molecule has 0 rings (SSSR count). The first-order valence-electron chi connectivity index (χ1n) is 15.5. The minimum Gasteiger partial charge on any atom is -0.459 e. The summed E-state index contributed by atoms with van der Waals surface area (Å²) >= 11 is 0. The monoisotopic (exact) mass is 498 g/mol. The van der Waals surface area contributed by atoms with Gasteiger partial charge in [0, 0.05) is 0 Å². The number of aliphatic hydroxyl groups is 1. The van der Waals surface area contributed by atoms with Crippen molar-refractivity contribution in [3.05, 3.63) is 0 Å². The predicted octanol–water partition coefficient (Wildman–Crippen LogP) is 8.59. The Morgan fingerprint density at radius 3 is 1.26 bits per heavy atom. The highest BCUT2D eigenvalue weighted by molar-refractivity contribution is 5.70. The molecule has 0 spiro atoms. The lowest BCUT2D eigenvalue weighted by Crippen LogP contribution is -2.45. The maximum Gasteiger partial charge on any atom is 0.361 e. The third kappa shape index (κ3) is 27.8. The van der Waals surface area contributed by atoms with Crippen LogP contribution in [0.2, 0.25) is 0 Å². The Hall–Kier alpha value is -0.610. The van der Waals surface area contributed by atoms with Crippen LogP contribution in [0, 0.1) is 0 Å². The van der Waals surface area contributed by atoms with E-state index in [1.165, 1.54) is 135 Å². The summed E-state index contributed by atoms with van der Waals surface area (Å²) in [5.74, 6) is -0.213. The standard InChI is InChI=1S/C31H64NO3/c1-5-6-7-8-9-10-11-12-13-14-15-16-17-18-19-20-21-22-23-24-25-26-27-32(3,4)28-31(34)35-29-30(2)33/h30,33H,5-29H2,1-4H3/q+1. The molecule has 4 nitrogen and oxygen atoms in total. The number of likely N-dealkylation sites (N-methyl/N-ethyl adjacent to an activating group) is 1. The lowest BCUT2D eigenvalue weighted by Gasteiger charge is -2.28. The summed E-state index contributed by atoms with van der Waals surface area (Å²) in [6, 6.07) is 0. The summed E-state index contributed by atoms with van der Waals surface area (Å²) in [7, 11) is 4.17. The van der Waals surface area contributed by atoms with Crippen molar-refractivity contribution >= 4 is 5.97 Å². The van der Waals surface area contributed by atoms with Gasteiger partial charge in [-0.05, 0) is 19.8 Å². The van der Waals surface area contributed by atoms with Crippen LogP contribution in [0.4, 0.5) is 0 Å². The number of quaternary nitrogens is 1. The molecule has 0 saturated carbocycles. The van der Waals surface area contributed by atoms with Crippen molar-refractivity contribution in [2.45, 2.75) is 161 Å². The van der Waals surface area contributed by atoms with Gasteiger partial charge in [0.1, 0.15) is 6.61 Å². The SMILES string of the molecule is CCCCCCCCCCCCCCCCCCCCCCCC[N+](C)(C)CC(=O)OCC(C)O. The Morgan fingerprint density at radius 2 is 0.943 bits per heavy atom. The molecule has 0 amide bonds. The number of nitrogens with zero attached hydrogens (tertiary/aromatic N) is 1. The van der Waals surface area contributed by atoms with Gasteiger partial charge in [-0.2, -0.15) is 0 Å². The van der Waals surface area contributed by atoms with Crippen LogP contribution >= 0.6 is 0 Å². The second-order valence-electron chi connectivity index (χ2n) is 11.8. The van der Waals surface area contributed by atoms with Crippen LogP contribution < -0.4 is 0 Å². The van der Waals surface area contributed by atoms with Crippen LogP contribution in [0.25, 0.3) is 0 Å². The molecule has 0 aromatic rings. The van der Waals surface area contributed by atoms with Crippen molar-refractivity contribution in [1.29, 1.82) is 0 Å². The molecule has 0 aliphatic carbocycles. The van der Waals surface area contributed by atoms with Gasteiger partial charge >= 0.3 is 5.97 Å². The molecule has 0 aliphatic heterocycles. The molecular weight excluding hydrogens is 434 g/mol. The minimum absolute atomic E-state index is 0.0955. The lowest BCUT2D eigenvalue weighted by molar-refractivity contribution is -0.883. The van der Waals surface area contributed by atoms with Gasteiger partial charge < -0.3 is 14.3 Å². The molecule has 0 radical (unpaired) electrons. The first-order chi connectivity index (χ1) is 16.9. The molecule has 0 bridgehead atoms. The van der Waals surface area contributed by atoms with Gasteiger partial charge in [0.2, 0.25) is 0 Å². The van der Waals surface area contributed by atoms with Gasteiger partial charge in [-0.1, -0.05) is 135 Å². The van der Waals surface area contributed by atoms with Crippen molar-refractivity contribution in [2.75, 3.05) is 33.8 Å². The number of esters is 1. The average molecular weight is 499 g/mol. The van der Waals surface area contributed by atoms with Crippen LogP contribution in [0.1, 0.15) is 155 Å². The van der Waals surface area contributed by atoms with E-state index in [-0.39, 0.29) is 12.6 Å². The summed E-state index contributed by atoms with van der Waals surface area (Å²) in [4.78, 5) is 11.8. The third-order valence-electron chi connectivity index (χ3n) is 7.16. The molecule has 4 heteroatoms. The second kappa shape index (κ2) is 25.1. The largest absolute Gasteiger partial charge is 0.459 e. The molecule has 0 aromatic carbocycles. The molecule has 0 saturated heterocycles. The summed E-state index contributed by atoms with van der Waals surface area (Å²) in [5, 5.41) is 9.21. The highest BCUT2D eigenvalue weighted by atomic mass is 16.5. The summed E-state index contributed by atoms with van der Waals surface area (Å²) < 4.78 is 5.75. The van der Waals surface area contributed by atoms with Crippen LogP contribution in [-0.2, 0) is 9.53 Å². The molecule has 210 valence electrons. The summed E-state index contributed by atoms with van der Waals surface area (Å²) in [5.41, 5.74) is 0. The zero-order valence-corrected chi connectivity index (χ0v) is 24.5. The van der Waals surface area contributed by atoms with E-state index in [4.69, 9.17) is 4.74 Å². The first-order valence-corrected chi connectivity index (χ1v) is 15.5. The van der Waals surface area contributed by atoms with Crippen molar-refractivity contribution in [3.63, 3.8) is 0 Å². The van der Waals surface area contributed by atoms with Crippen molar-refractivity contribution in [3.8, 4) is 0 Å². The lowest BCUT2D eigenvalue weighted by atomic mass is 10.0. The topological polar surface area (TPSA) is 46.5 Å². The Kier molecular flexibility index (Phi) is 24.6. The van der Waals surface area contributed by atoms with Gasteiger partial charge in [0.15, 0.2) is 6.54 Å². The molecule has 0 fully saturated rings. The van der Waals surface area contributed by atoms with E-state index >= 15 is 0 Å². The van der Waals surface area contributed by atoms with Gasteiger partial charge in [-0.15, -0.1) is 0 Å². The Bertz CT molecular complexity index is 451. The van der Waals surface area contributed by atoms with Gasteiger partial charge in [-0.25, -0.2) is 4.79 Å². The fraction of sp³-hybridized carbons (Fsp3) is 0.968. The molecule has 1 atom stereocenters. The molecule has 0 aromatic heterocycles. The Morgan fingerprint density at radius 1 is 0.629 bits per heavy atom. The number of carbonyl (C=O) groups excluding carboxylic acids is 1. The van der Waals surface area contributed by atoms with Gasteiger partial charge in [-0.3, -0.25) is 0 Å². The van der Waals surface area contributed by atoms with E-state index in [9.17, 15) is 9.90 Å². The number of unbranched alkanes of at least 4 members (excludes halogenated alkanes) is 21. The van der Waals surface area contributed by atoms with E-state index in [2.05, 4.69) is 21.0 Å². The third-order valence-corrected chi connectivity index (χ3v) is 7.16. The number of carbonyl (C=O) groups is 1. The van der Waals surface area contributed by atoms with Crippen molar-refractivity contribution < 1.29 is 19.1 Å². The van der Waals surface area contributed by atoms with Crippen LogP contribution in [0.15, 0.2) is 0 Å². The molecular formula is C31H64NO3+. The van der Waals surface area contributed by atoms with E-state index in [1.807, 2.05) is 0 Å². The maximum atomic E-state index is 11.8. The highest BCUT2D eigenvalue weighted by Crippen LogP contribution is 2.15. The van der Waals surface area contributed by atoms with E-state index in [0.717, 1.165) is 13.0 Å². The van der Waals surface area contributed by atoms with E-state index in [0.29, 0.717) is 11.0 Å². The zero-order valence-electron chi connectivity index (χ0n) is 24.5. The Labute approximate surface area is 220 Å². The second-order valence-corrected chi connectivity index (χ2v) is 11.8. The number of rotatable bonds is 27.